The highest BCUT2D eigenvalue weighted by atomic mass is 16.1. The summed E-state index contributed by atoms with van der Waals surface area (Å²) in [5.41, 5.74) is 0. The molecule has 0 amide bonds. The molecule has 0 aromatic heterocycles. The van der Waals surface area contributed by atoms with Crippen LogP contribution in [0.15, 0.2) is 0 Å². The maximum atomic E-state index is 9.98. The summed E-state index contributed by atoms with van der Waals surface area (Å²) >= 11 is 0. The summed E-state index contributed by atoms with van der Waals surface area (Å²) < 4.78 is 0. The predicted octanol–water partition coefficient (Wildman–Crippen LogP) is 0.0408. The molecule has 0 aliphatic rings. The van der Waals surface area contributed by atoms with Crippen LogP contribution < -0.4 is 5.32 Å². The quantitative estimate of drug-likeness (QED) is 0.517. The van der Waals surface area contributed by atoms with Crippen molar-refractivity contribution >= 4 is 5.78 Å². The molecule has 0 aliphatic heterocycles. The SMILES string of the molecule is CNCC(C)=O.[HH]. The van der Waals surface area contributed by atoms with Gasteiger partial charge in [-0.15, -0.1) is 0 Å². The van der Waals surface area contributed by atoms with Gasteiger partial charge < -0.3 is 5.32 Å². The Hall–Kier alpha value is -0.370. The zero-order valence-corrected chi connectivity index (χ0v) is 4.12. The van der Waals surface area contributed by atoms with Crippen LogP contribution in [0.3, 0.4) is 0 Å². The van der Waals surface area contributed by atoms with E-state index in [2.05, 4.69) is 5.32 Å². The average molecular weight is 89.1 g/mol. The Kier molecular flexibility index (Phi) is 2.67. The molecule has 2 heteroatoms. The molecule has 0 fully saturated rings. The van der Waals surface area contributed by atoms with Gasteiger partial charge in [0.1, 0.15) is 5.78 Å². The third-order valence-corrected chi connectivity index (χ3v) is 0.426. The Morgan fingerprint density at radius 2 is 2.50 bits per heavy atom. The van der Waals surface area contributed by atoms with E-state index in [1.54, 1.807) is 14.0 Å². The Bertz CT molecular complexity index is 55.7. The van der Waals surface area contributed by atoms with Crippen LogP contribution in [0.2, 0.25) is 0 Å². The Morgan fingerprint density at radius 3 is 2.50 bits per heavy atom. The molecular formula is C4H11NO. The number of ketones is 1. The van der Waals surface area contributed by atoms with Crippen LogP contribution in [0.5, 0.6) is 0 Å². The van der Waals surface area contributed by atoms with E-state index in [1.807, 2.05) is 0 Å². The fourth-order valence-corrected chi connectivity index (χ4v) is 0.249. The molecule has 0 heterocycles. The molecule has 2 nitrogen and oxygen atoms in total. The van der Waals surface area contributed by atoms with E-state index in [-0.39, 0.29) is 7.21 Å². The highest BCUT2D eigenvalue weighted by Gasteiger charge is 1.82. The maximum absolute atomic E-state index is 9.98. The molecule has 0 unspecified atom stereocenters. The second-order valence-electron chi connectivity index (χ2n) is 1.23. The number of carbonyl (C=O) groups excluding carboxylic acids is 1. The van der Waals surface area contributed by atoms with Gasteiger partial charge in [0, 0.05) is 1.43 Å². The zero-order chi connectivity index (χ0) is 4.99. The van der Waals surface area contributed by atoms with E-state index < -0.39 is 0 Å². The van der Waals surface area contributed by atoms with Gasteiger partial charge in [0.05, 0.1) is 6.54 Å². The highest BCUT2D eigenvalue weighted by molar-refractivity contribution is 5.77. The molecule has 6 heavy (non-hydrogen) atoms. The molecule has 0 saturated heterocycles. The highest BCUT2D eigenvalue weighted by Crippen LogP contribution is 1.57. The maximum Gasteiger partial charge on any atom is 0.143 e. The van der Waals surface area contributed by atoms with Gasteiger partial charge in [0.15, 0.2) is 0 Å². The standard InChI is InChI=1S/C4H9NO.H2/c1-4(6)3-5-2;/h5H,3H2,1-2H3;1H. The Balaban J connectivity index is 0. The molecule has 0 rings (SSSR count). The van der Waals surface area contributed by atoms with Gasteiger partial charge in [-0.3, -0.25) is 4.79 Å². The van der Waals surface area contributed by atoms with Crippen molar-refractivity contribution < 1.29 is 6.22 Å². The van der Waals surface area contributed by atoms with Crippen molar-refractivity contribution in [2.75, 3.05) is 13.6 Å². The van der Waals surface area contributed by atoms with Gasteiger partial charge in [-0.05, 0) is 14.0 Å². The Morgan fingerprint density at radius 1 is 2.00 bits per heavy atom. The number of likely N-dealkylation sites (N-methyl/N-ethyl adjacent to an activating group) is 1. The van der Waals surface area contributed by atoms with Crippen molar-refractivity contribution in [3.63, 3.8) is 0 Å². The van der Waals surface area contributed by atoms with Crippen molar-refractivity contribution in [3.8, 4) is 0 Å². The van der Waals surface area contributed by atoms with Crippen LogP contribution >= 0.6 is 0 Å². The normalized spacial score (nSPS) is 8.33. The molecule has 0 aromatic carbocycles. The third kappa shape index (κ3) is 3.63. The molecule has 0 radical (unpaired) electrons. The number of rotatable bonds is 2. The van der Waals surface area contributed by atoms with Crippen LogP contribution in [0.25, 0.3) is 0 Å². The lowest BCUT2D eigenvalue weighted by Gasteiger charge is -1.85. The topological polar surface area (TPSA) is 29.1 Å². The summed E-state index contributed by atoms with van der Waals surface area (Å²) in [4.78, 5) is 9.98. The first kappa shape index (κ1) is 5.63. The number of nitrogens with one attached hydrogen (secondary N) is 1. The van der Waals surface area contributed by atoms with Crippen LogP contribution in [-0.4, -0.2) is 19.4 Å². The lowest BCUT2D eigenvalue weighted by atomic mass is 10.5. The summed E-state index contributed by atoms with van der Waals surface area (Å²) in [5.74, 6) is 0.178. The molecular weight excluding hydrogens is 78.0 g/mol. The van der Waals surface area contributed by atoms with E-state index in [0.717, 1.165) is 0 Å². The smallest absolute Gasteiger partial charge is 0.143 e. The molecule has 0 atom stereocenters. The second kappa shape index (κ2) is 2.85. The molecule has 0 spiro atoms. The summed E-state index contributed by atoms with van der Waals surface area (Å²) in [6, 6.07) is 0. The van der Waals surface area contributed by atoms with E-state index in [1.165, 1.54) is 0 Å². The van der Waals surface area contributed by atoms with Gasteiger partial charge in [-0.25, -0.2) is 0 Å². The molecule has 0 saturated carbocycles. The first-order valence-electron chi connectivity index (χ1n) is 1.91. The number of hydrogen-bond acceptors (Lipinski definition) is 2. The van der Waals surface area contributed by atoms with Crippen molar-refractivity contribution in [1.82, 2.24) is 5.32 Å². The molecule has 0 bridgehead atoms. The first-order chi connectivity index (χ1) is 2.77. The lowest BCUT2D eigenvalue weighted by Crippen LogP contribution is -2.14. The van der Waals surface area contributed by atoms with E-state index in [0.29, 0.717) is 6.54 Å². The summed E-state index contributed by atoms with van der Waals surface area (Å²) in [6.45, 7) is 2.04. The van der Waals surface area contributed by atoms with E-state index in [9.17, 15) is 4.79 Å². The molecule has 0 aromatic rings. The van der Waals surface area contributed by atoms with Crippen molar-refractivity contribution in [1.29, 1.82) is 0 Å². The van der Waals surface area contributed by atoms with Gasteiger partial charge >= 0.3 is 0 Å². The summed E-state index contributed by atoms with van der Waals surface area (Å²) in [6.07, 6.45) is 0. The number of carbonyl (C=O) groups is 1. The lowest BCUT2D eigenvalue weighted by molar-refractivity contribution is -0.116. The molecule has 0 aliphatic carbocycles. The van der Waals surface area contributed by atoms with Gasteiger partial charge in [-0.1, -0.05) is 0 Å². The van der Waals surface area contributed by atoms with Crippen LogP contribution in [0.1, 0.15) is 8.35 Å². The second-order valence-corrected chi connectivity index (χ2v) is 1.23. The zero-order valence-electron chi connectivity index (χ0n) is 4.12. The Labute approximate surface area is 39.0 Å². The predicted molar refractivity (Wildman–Crippen MR) is 26.7 cm³/mol. The minimum atomic E-state index is 0. The third-order valence-electron chi connectivity index (χ3n) is 0.426. The van der Waals surface area contributed by atoms with Crippen LogP contribution in [-0.2, 0) is 4.79 Å². The molecule has 38 valence electrons. The van der Waals surface area contributed by atoms with Crippen molar-refractivity contribution in [2.24, 2.45) is 0 Å². The minimum Gasteiger partial charge on any atom is -0.313 e. The monoisotopic (exact) mass is 89.1 g/mol. The summed E-state index contributed by atoms with van der Waals surface area (Å²) in [7, 11) is 1.75. The molecule has 1 N–H and O–H groups in total. The minimum absolute atomic E-state index is 0. The van der Waals surface area contributed by atoms with E-state index in [4.69, 9.17) is 0 Å². The van der Waals surface area contributed by atoms with Crippen molar-refractivity contribution in [2.45, 2.75) is 6.92 Å². The largest absolute Gasteiger partial charge is 0.313 e. The van der Waals surface area contributed by atoms with Crippen molar-refractivity contribution in [3.05, 3.63) is 0 Å². The number of hydrogen-bond donors (Lipinski definition) is 1. The average Bonchev–Trinajstić information content (AvgIpc) is 1.35. The van der Waals surface area contributed by atoms with Gasteiger partial charge in [0.25, 0.3) is 0 Å². The van der Waals surface area contributed by atoms with E-state index >= 15 is 0 Å². The van der Waals surface area contributed by atoms with Crippen LogP contribution in [0.4, 0.5) is 0 Å². The van der Waals surface area contributed by atoms with Gasteiger partial charge in [0.2, 0.25) is 0 Å². The fraction of sp³-hybridized carbons (Fsp3) is 0.750. The first-order valence-corrected chi connectivity index (χ1v) is 1.91. The fourth-order valence-electron chi connectivity index (χ4n) is 0.249. The summed E-state index contributed by atoms with van der Waals surface area (Å²) in [5, 5.41) is 2.72. The van der Waals surface area contributed by atoms with Crippen LogP contribution in [0, 0.1) is 0 Å². The number of Topliss-reactive ketones (excluding diaryl/α,β-unsaturated/α-hetero) is 1. The van der Waals surface area contributed by atoms with Gasteiger partial charge in [-0.2, -0.15) is 0 Å².